The zero-order chi connectivity index (χ0) is 55.5. The number of carbonyl (C=O) groups excluding carboxylic acids is 6. The molecule has 0 radical (unpaired) electrons. The number of hydrogen-bond donors (Lipinski definition) is 7. The van der Waals surface area contributed by atoms with Gasteiger partial charge in [0.05, 0.1) is 35.4 Å². The third-order valence-corrected chi connectivity index (χ3v) is 10.3. The fraction of sp³-hybridized carbons (Fsp3) is 0.373. The van der Waals surface area contributed by atoms with Crippen LogP contribution in [0.5, 0.6) is 17.2 Å². The predicted octanol–water partition coefficient (Wildman–Crippen LogP) is 5.26. The molecular weight excluding hydrogens is 985 g/mol. The van der Waals surface area contributed by atoms with Crippen LogP contribution in [0.15, 0.2) is 103 Å². The number of hydroxylamine groups is 2. The average Bonchev–Trinajstić information content (AvgIpc) is 3.57. The van der Waals surface area contributed by atoms with Gasteiger partial charge in [0.2, 0.25) is 12.3 Å². The number of ketones is 1. The number of anilines is 1. The number of amides is 5. The van der Waals surface area contributed by atoms with E-state index in [0.717, 1.165) is 5.56 Å². The lowest BCUT2D eigenvalue weighted by Crippen LogP contribution is -2.49. The second-order valence-electron chi connectivity index (χ2n) is 18.6. The fourth-order valence-corrected chi connectivity index (χ4v) is 7.00. The van der Waals surface area contributed by atoms with Crippen molar-refractivity contribution in [1.29, 1.82) is 0 Å². The van der Waals surface area contributed by atoms with Crippen LogP contribution in [-0.2, 0) is 44.7 Å². The Bertz CT molecular complexity index is 2650. The predicted molar refractivity (Wildman–Crippen MR) is 265 cm³/mol. The molecule has 24 heteroatoms. The molecule has 4 aromatic carbocycles. The van der Waals surface area contributed by atoms with E-state index in [1.165, 1.54) is 24.3 Å². The molecule has 0 saturated carbocycles. The third-order valence-electron chi connectivity index (χ3n) is 10.3. The normalized spacial score (nSPS) is 16.4. The van der Waals surface area contributed by atoms with Gasteiger partial charge in [-0.15, -0.1) is 0 Å². The maximum atomic E-state index is 13.2. The maximum absolute atomic E-state index is 13.2. The van der Waals surface area contributed by atoms with Crippen LogP contribution < -0.4 is 35.5 Å². The van der Waals surface area contributed by atoms with Gasteiger partial charge in [-0.2, -0.15) is 0 Å². The standard InChI is InChI=1S/C23H24N2O7.C14H18N2O7.C14H18N2O4/c26-14-25(31)12-16(10-15-6-2-1-3-7-15)23(30)24-19-13-32-20-9-5-4-8-17(20)18(22(19)29)11-21(27)28;1-14(2,3)23-13(19)15-9(12(17)18)8-22-11-7-5-4-6-10(11)16(20)21;1-14(2,3)20-13(18)16-10-8-19-11-7-5-4-6-9(11)15-12(10)17/h1-9,14,16,18-19,31H,10-13H2,(H,24,30)(H,27,28);4-7,9H,8H2,1-3H3,(H,15,19)(H,17,18);4-7,10H,8H2,1-3H3,(H,15,17)(H,16,18)/t16-,18?,19+;9-;10-/m100/s1. The highest BCUT2D eigenvalue weighted by Gasteiger charge is 2.37. The number of alkyl carbamates (subject to hydrolysis) is 2. The Hall–Kier alpha value is -8.80. The summed E-state index contributed by atoms with van der Waals surface area (Å²) >= 11 is 0. The third kappa shape index (κ3) is 19.6. The Morgan fingerprint density at radius 2 is 1.37 bits per heavy atom. The van der Waals surface area contributed by atoms with Crippen molar-refractivity contribution in [2.45, 2.75) is 89.6 Å². The average molecular weight is 1050 g/mol. The van der Waals surface area contributed by atoms with Gasteiger partial charge in [-0.25, -0.2) is 19.4 Å². The van der Waals surface area contributed by atoms with Gasteiger partial charge < -0.3 is 55.2 Å². The highest BCUT2D eigenvalue weighted by atomic mass is 16.6. The topological polar surface area (TPSA) is 338 Å². The van der Waals surface area contributed by atoms with Crippen molar-refractivity contribution in [2.24, 2.45) is 5.92 Å². The summed E-state index contributed by atoms with van der Waals surface area (Å²) in [4.78, 5) is 105. The summed E-state index contributed by atoms with van der Waals surface area (Å²) in [6, 6.07) is 25.1. The van der Waals surface area contributed by atoms with Crippen LogP contribution in [-0.4, -0.2) is 129 Å². The molecule has 0 spiro atoms. The van der Waals surface area contributed by atoms with Gasteiger partial charge in [-0.05, 0) is 77.8 Å². The Morgan fingerprint density at radius 3 is 2.00 bits per heavy atom. The number of rotatable bonds is 16. The quantitative estimate of drug-likeness (QED) is 0.0326. The molecule has 7 N–H and O–H groups in total. The van der Waals surface area contributed by atoms with E-state index < -0.39 is 94.9 Å². The van der Waals surface area contributed by atoms with E-state index in [2.05, 4.69) is 21.3 Å². The lowest BCUT2D eigenvalue weighted by molar-refractivity contribution is -0.385. The number of nitrogens with one attached hydrogen (secondary N) is 4. The number of Topliss-reactive ketones (excluding diaryl/α,β-unsaturated/α-hetero) is 1. The number of fused-ring (bicyclic) bond motifs is 2. The van der Waals surface area contributed by atoms with Gasteiger partial charge in [-0.1, -0.05) is 72.8 Å². The molecule has 5 atom stereocenters. The van der Waals surface area contributed by atoms with Crippen molar-refractivity contribution in [3.63, 3.8) is 0 Å². The zero-order valence-corrected chi connectivity index (χ0v) is 41.9. The molecule has 0 bridgehead atoms. The number of hydrogen-bond acceptors (Lipinski definition) is 16. The number of nitro groups is 1. The number of ether oxygens (including phenoxy) is 5. The minimum atomic E-state index is -1.41. The van der Waals surface area contributed by atoms with Crippen molar-refractivity contribution in [3.8, 4) is 17.2 Å². The molecule has 0 fully saturated rings. The molecule has 0 aromatic heterocycles. The molecule has 0 aliphatic carbocycles. The first kappa shape index (κ1) is 58.8. The summed E-state index contributed by atoms with van der Waals surface area (Å²) in [5.74, 6) is -4.80. The van der Waals surface area contributed by atoms with Crippen molar-refractivity contribution in [2.75, 3.05) is 31.7 Å². The van der Waals surface area contributed by atoms with Crippen LogP contribution in [0.4, 0.5) is 21.0 Å². The largest absolute Gasteiger partial charge is 0.491 e. The number of nitro benzene ring substituents is 1. The van der Waals surface area contributed by atoms with E-state index in [9.17, 15) is 58.8 Å². The Kier molecular flexibility index (Phi) is 21.4. The molecule has 402 valence electrons. The van der Waals surface area contributed by atoms with Gasteiger partial charge in [0.25, 0.3) is 5.91 Å². The zero-order valence-electron chi connectivity index (χ0n) is 41.9. The van der Waals surface area contributed by atoms with Crippen LogP contribution >= 0.6 is 0 Å². The number of nitrogens with zero attached hydrogens (tertiary/aromatic N) is 2. The lowest BCUT2D eigenvalue weighted by Gasteiger charge is -2.24. The molecule has 2 aliphatic heterocycles. The number of carboxylic acids is 2. The minimum absolute atomic E-state index is 0.0576. The second-order valence-corrected chi connectivity index (χ2v) is 18.6. The summed E-state index contributed by atoms with van der Waals surface area (Å²) in [6.45, 7) is 9.30. The molecule has 6 rings (SSSR count). The maximum Gasteiger partial charge on any atom is 0.408 e. The monoisotopic (exact) mass is 1040 g/mol. The van der Waals surface area contributed by atoms with E-state index in [0.29, 0.717) is 27.8 Å². The molecule has 2 aliphatic rings. The van der Waals surface area contributed by atoms with Gasteiger partial charge in [0, 0.05) is 11.6 Å². The Morgan fingerprint density at radius 1 is 0.800 bits per heavy atom. The van der Waals surface area contributed by atoms with Crippen molar-refractivity contribution < 1.29 is 82.4 Å². The molecule has 5 amide bonds. The molecule has 24 nitrogen and oxygen atoms in total. The summed E-state index contributed by atoms with van der Waals surface area (Å²) in [6.07, 6.45) is -1.58. The summed E-state index contributed by atoms with van der Waals surface area (Å²) in [5.41, 5.74) is 0.160. The molecule has 4 aromatic rings. The SMILES string of the molecule is CC(C)(C)OC(=O)N[C@@H](COc1ccccc1[N+](=O)[O-])C(=O)O.CC(C)(C)OC(=O)N[C@H]1COc2ccccc2NC1=O.O=CN(O)C[C@@H](Cc1ccccc1)C(=O)N[C@H]1COc2ccccc2C(CC(=O)O)C1=O. The van der Waals surface area contributed by atoms with Gasteiger partial charge >= 0.3 is 29.8 Å². The van der Waals surface area contributed by atoms with Crippen molar-refractivity contribution in [1.82, 2.24) is 21.0 Å². The molecule has 0 saturated heterocycles. The second kappa shape index (κ2) is 27.3. The van der Waals surface area contributed by atoms with Crippen LogP contribution in [0.3, 0.4) is 0 Å². The van der Waals surface area contributed by atoms with E-state index >= 15 is 0 Å². The first-order valence-corrected chi connectivity index (χ1v) is 23.2. The highest BCUT2D eigenvalue weighted by Crippen LogP contribution is 2.34. The van der Waals surface area contributed by atoms with Gasteiger partial charge in [0.15, 0.2) is 17.6 Å². The van der Waals surface area contributed by atoms with Crippen LogP contribution in [0, 0.1) is 16.0 Å². The number of aliphatic carboxylic acids is 2. The molecular formula is C51H60N6O18. The van der Waals surface area contributed by atoms with Crippen LogP contribution in [0.2, 0.25) is 0 Å². The Labute approximate surface area is 430 Å². The molecule has 2 heterocycles. The summed E-state index contributed by atoms with van der Waals surface area (Å²) in [7, 11) is 0. The van der Waals surface area contributed by atoms with E-state index in [1.807, 2.05) is 24.3 Å². The summed E-state index contributed by atoms with van der Waals surface area (Å²) in [5, 5.41) is 49.3. The van der Waals surface area contributed by atoms with Crippen LogP contribution in [0.1, 0.15) is 65.0 Å². The molecule has 1 unspecified atom stereocenters. The van der Waals surface area contributed by atoms with Crippen LogP contribution in [0.25, 0.3) is 0 Å². The van der Waals surface area contributed by atoms with Crippen molar-refractivity contribution >= 4 is 59.5 Å². The van der Waals surface area contributed by atoms with Crippen molar-refractivity contribution in [3.05, 3.63) is 124 Å². The smallest absolute Gasteiger partial charge is 0.408 e. The summed E-state index contributed by atoms with van der Waals surface area (Å²) < 4.78 is 26.4. The minimum Gasteiger partial charge on any atom is -0.491 e. The lowest BCUT2D eigenvalue weighted by atomic mass is 9.88. The number of para-hydroxylation sites is 5. The first-order chi connectivity index (χ1) is 35.3. The number of carboxylic acid groups (broad SMARTS) is 2. The van der Waals surface area contributed by atoms with E-state index in [-0.39, 0.29) is 49.9 Å². The highest BCUT2D eigenvalue weighted by molar-refractivity contribution is 5.99. The van der Waals surface area contributed by atoms with Gasteiger partial charge in [0.1, 0.15) is 54.6 Å². The first-order valence-electron chi connectivity index (χ1n) is 23.2. The number of carbonyl (C=O) groups is 8. The van der Waals surface area contributed by atoms with Gasteiger partial charge in [-0.3, -0.25) is 39.3 Å². The molecule has 75 heavy (non-hydrogen) atoms. The number of benzene rings is 4. The Balaban J connectivity index is 0.000000252. The van der Waals surface area contributed by atoms with E-state index in [1.54, 1.807) is 96.1 Å². The van der Waals surface area contributed by atoms with E-state index in [4.69, 9.17) is 28.8 Å². The fourth-order valence-electron chi connectivity index (χ4n) is 7.00.